The van der Waals surface area contributed by atoms with Gasteiger partial charge in [-0.05, 0) is 66.5 Å². The van der Waals surface area contributed by atoms with Crippen LogP contribution in [-0.4, -0.2) is 13.0 Å². The van der Waals surface area contributed by atoms with Crippen LogP contribution in [0, 0.1) is 13.8 Å². The van der Waals surface area contributed by atoms with Crippen molar-refractivity contribution in [2.45, 2.75) is 26.8 Å². The molecule has 2 aromatic rings. The lowest BCUT2D eigenvalue weighted by Crippen LogP contribution is -2.26. The molecule has 0 aliphatic heterocycles. The number of rotatable bonds is 4. The number of carbonyl (C=O) groups excluding carboxylic acids is 1. The number of hydrogen-bond acceptors (Lipinski definition) is 2. The molecule has 0 aliphatic rings. The topological polar surface area (TPSA) is 38.3 Å². The number of aryl methyl sites for hydroxylation is 2. The van der Waals surface area contributed by atoms with E-state index in [1.807, 2.05) is 51.1 Å². The van der Waals surface area contributed by atoms with E-state index in [9.17, 15) is 4.79 Å². The zero-order chi connectivity index (χ0) is 16.3. The summed E-state index contributed by atoms with van der Waals surface area (Å²) in [5, 5.41) is 3.03. The van der Waals surface area contributed by atoms with Gasteiger partial charge in [0.15, 0.2) is 0 Å². The highest BCUT2D eigenvalue weighted by Crippen LogP contribution is 2.28. The van der Waals surface area contributed by atoms with E-state index in [0.717, 1.165) is 26.9 Å². The lowest BCUT2D eigenvalue weighted by atomic mass is 10.0. The van der Waals surface area contributed by atoms with Gasteiger partial charge in [-0.2, -0.15) is 0 Å². The van der Waals surface area contributed by atoms with Crippen LogP contribution in [-0.2, 0) is 0 Å². The molecule has 4 heteroatoms. The second kappa shape index (κ2) is 6.97. The molecule has 0 spiro atoms. The minimum Gasteiger partial charge on any atom is -0.496 e. The minimum absolute atomic E-state index is 0.0637. The first-order valence-electron chi connectivity index (χ1n) is 7.13. The van der Waals surface area contributed by atoms with Crippen molar-refractivity contribution in [2.24, 2.45) is 0 Å². The Morgan fingerprint density at radius 1 is 1.14 bits per heavy atom. The smallest absolute Gasteiger partial charge is 0.251 e. The van der Waals surface area contributed by atoms with Crippen LogP contribution < -0.4 is 10.1 Å². The van der Waals surface area contributed by atoms with E-state index in [1.165, 1.54) is 0 Å². The average molecular weight is 362 g/mol. The predicted molar refractivity (Wildman–Crippen MR) is 92.5 cm³/mol. The van der Waals surface area contributed by atoms with Gasteiger partial charge in [-0.15, -0.1) is 0 Å². The first-order chi connectivity index (χ1) is 10.4. The van der Waals surface area contributed by atoms with Gasteiger partial charge in [-0.3, -0.25) is 4.79 Å². The Morgan fingerprint density at radius 3 is 2.32 bits per heavy atom. The van der Waals surface area contributed by atoms with Gasteiger partial charge in [0.25, 0.3) is 5.91 Å². The number of amides is 1. The van der Waals surface area contributed by atoms with Crippen molar-refractivity contribution < 1.29 is 9.53 Å². The van der Waals surface area contributed by atoms with Crippen molar-refractivity contribution in [3.63, 3.8) is 0 Å². The Hall–Kier alpha value is -1.81. The summed E-state index contributed by atoms with van der Waals surface area (Å²) in [4.78, 5) is 12.4. The van der Waals surface area contributed by atoms with Gasteiger partial charge in [-0.25, -0.2) is 0 Å². The molecule has 1 atom stereocenters. The molecular formula is C18H20BrNO2. The molecule has 0 aromatic heterocycles. The largest absolute Gasteiger partial charge is 0.496 e. The molecule has 0 heterocycles. The molecule has 3 nitrogen and oxygen atoms in total. The fourth-order valence-electron chi connectivity index (χ4n) is 2.42. The molecule has 1 amide bonds. The van der Waals surface area contributed by atoms with E-state index < -0.39 is 0 Å². The highest BCUT2D eigenvalue weighted by atomic mass is 79.9. The summed E-state index contributed by atoms with van der Waals surface area (Å²) >= 11 is 3.47. The summed E-state index contributed by atoms with van der Waals surface area (Å²) in [6.07, 6.45) is 0. The first-order valence-corrected chi connectivity index (χ1v) is 7.92. The van der Waals surface area contributed by atoms with E-state index in [2.05, 4.69) is 27.3 Å². The predicted octanol–water partition coefficient (Wildman–Crippen LogP) is 4.57. The van der Waals surface area contributed by atoms with E-state index in [0.29, 0.717) is 5.56 Å². The van der Waals surface area contributed by atoms with Gasteiger partial charge < -0.3 is 10.1 Å². The van der Waals surface area contributed by atoms with Crippen molar-refractivity contribution in [2.75, 3.05) is 7.11 Å². The van der Waals surface area contributed by atoms with E-state index in [-0.39, 0.29) is 11.9 Å². The second-order valence-corrected chi connectivity index (χ2v) is 6.32. The summed E-state index contributed by atoms with van der Waals surface area (Å²) in [6.45, 7) is 5.95. The number of nitrogens with one attached hydrogen (secondary N) is 1. The van der Waals surface area contributed by atoms with Crippen LogP contribution in [0.25, 0.3) is 0 Å². The highest BCUT2D eigenvalue weighted by Gasteiger charge is 2.13. The fourth-order valence-corrected chi connectivity index (χ4v) is 2.98. The highest BCUT2D eigenvalue weighted by molar-refractivity contribution is 9.10. The molecule has 2 rings (SSSR count). The number of halogens is 1. The normalized spacial score (nSPS) is 11.9. The lowest BCUT2D eigenvalue weighted by Gasteiger charge is -2.16. The van der Waals surface area contributed by atoms with Crippen LogP contribution in [0.1, 0.15) is 40.0 Å². The molecule has 0 aliphatic carbocycles. The molecule has 22 heavy (non-hydrogen) atoms. The maximum atomic E-state index is 12.4. The van der Waals surface area contributed by atoms with Gasteiger partial charge in [0.2, 0.25) is 0 Å². The molecule has 0 fully saturated rings. The maximum Gasteiger partial charge on any atom is 0.251 e. The third-order valence-corrected chi connectivity index (χ3v) is 4.13. The van der Waals surface area contributed by atoms with Crippen molar-refractivity contribution >= 4 is 21.8 Å². The molecule has 116 valence electrons. The van der Waals surface area contributed by atoms with Crippen LogP contribution in [0.5, 0.6) is 5.75 Å². The Morgan fingerprint density at radius 2 is 1.77 bits per heavy atom. The third kappa shape index (κ3) is 3.89. The maximum absolute atomic E-state index is 12.4. The second-order valence-electron chi connectivity index (χ2n) is 5.47. The molecule has 0 saturated heterocycles. The first kappa shape index (κ1) is 16.6. The van der Waals surface area contributed by atoms with E-state index >= 15 is 0 Å². The summed E-state index contributed by atoms with van der Waals surface area (Å²) < 4.78 is 6.10. The minimum atomic E-state index is -0.0875. The number of ether oxygens (including phenoxy) is 1. The SMILES string of the molecule is COc1ccc(C(C)NC(=O)c2cc(C)cc(C)c2)cc1Br. The summed E-state index contributed by atoms with van der Waals surface area (Å²) in [6, 6.07) is 11.6. The Labute approximate surface area is 139 Å². The standard InChI is InChI=1S/C18H20BrNO2/c1-11-7-12(2)9-15(8-11)18(21)20-13(3)14-5-6-17(22-4)16(19)10-14/h5-10,13H,1-4H3,(H,20,21). The van der Waals surface area contributed by atoms with Gasteiger partial charge in [-0.1, -0.05) is 23.3 Å². The molecule has 2 aromatic carbocycles. The summed E-state index contributed by atoms with van der Waals surface area (Å²) in [5.74, 6) is 0.711. The Kier molecular flexibility index (Phi) is 5.24. The number of methoxy groups -OCH3 is 1. The third-order valence-electron chi connectivity index (χ3n) is 3.51. The quantitative estimate of drug-likeness (QED) is 0.866. The number of hydrogen-bond donors (Lipinski definition) is 1. The summed E-state index contributed by atoms with van der Waals surface area (Å²) in [5.41, 5.74) is 3.89. The van der Waals surface area contributed by atoms with Crippen LogP contribution >= 0.6 is 15.9 Å². The Bertz CT molecular complexity index is 677. The molecule has 1 N–H and O–H groups in total. The monoisotopic (exact) mass is 361 g/mol. The van der Waals surface area contributed by atoms with Gasteiger partial charge >= 0.3 is 0 Å². The number of carbonyl (C=O) groups is 1. The zero-order valence-electron chi connectivity index (χ0n) is 13.2. The Balaban J connectivity index is 2.15. The van der Waals surface area contributed by atoms with Gasteiger partial charge in [0, 0.05) is 5.56 Å². The lowest BCUT2D eigenvalue weighted by molar-refractivity contribution is 0.0939. The van der Waals surface area contributed by atoms with Crippen molar-refractivity contribution in [1.29, 1.82) is 0 Å². The van der Waals surface area contributed by atoms with Crippen molar-refractivity contribution in [3.8, 4) is 5.75 Å². The van der Waals surface area contributed by atoms with E-state index in [1.54, 1.807) is 7.11 Å². The number of benzene rings is 2. The van der Waals surface area contributed by atoms with Gasteiger partial charge in [0.1, 0.15) is 5.75 Å². The van der Waals surface area contributed by atoms with E-state index in [4.69, 9.17) is 4.74 Å². The van der Waals surface area contributed by atoms with Crippen LogP contribution in [0.15, 0.2) is 40.9 Å². The van der Waals surface area contributed by atoms with Crippen LogP contribution in [0.4, 0.5) is 0 Å². The van der Waals surface area contributed by atoms with Crippen molar-refractivity contribution in [1.82, 2.24) is 5.32 Å². The van der Waals surface area contributed by atoms with Crippen LogP contribution in [0.2, 0.25) is 0 Å². The molecule has 0 radical (unpaired) electrons. The molecule has 0 saturated carbocycles. The molecular weight excluding hydrogens is 342 g/mol. The van der Waals surface area contributed by atoms with Crippen LogP contribution in [0.3, 0.4) is 0 Å². The fraction of sp³-hybridized carbons (Fsp3) is 0.278. The average Bonchev–Trinajstić information content (AvgIpc) is 2.46. The molecule has 0 bridgehead atoms. The van der Waals surface area contributed by atoms with Gasteiger partial charge in [0.05, 0.1) is 17.6 Å². The molecule has 1 unspecified atom stereocenters. The zero-order valence-corrected chi connectivity index (χ0v) is 14.8. The summed E-state index contributed by atoms with van der Waals surface area (Å²) in [7, 11) is 1.63. The van der Waals surface area contributed by atoms with Crippen molar-refractivity contribution in [3.05, 3.63) is 63.1 Å².